The molecule has 2 rings (SSSR count). The van der Waals surface area contributed by atoms with Gasteiger partial charge in [0.05, 0.1) is 18.2 Å². The number of aryl methyl sites for hydroxylation is 2. The van der Waals surface area contributed by atoms with E-state index in [1.54, 1.807) is 0 Å². The largest absolute Gasteiger partial charge is 0.349 e. The molecule has 2 atom stereocenters. The quantitative estimate of drug-likeness (QED) is 0.871. The minimum atomic E-state index is -3.25. The normalized spacial score (nSPS) is 20.5. The smallest absolute Gasteiger partial charge is 0.224 e. The molecule has 25 heavy (non-hydrogen) atoms. The minimum Gasteiger partial charge on any atom is -0.349 e. The van der Waals surface area contributed by atoms with Crippen LogP contribution in [0.25, 0.3) is 0 Å². The third-order valence-electron chi connectivity index (χ3n) is 4.95. The standard InChI is InChI=1S/C19H30N2O3S/c1-13(2)18(17-9-8-14(3)11-15(17)4)20-19(22)16-7-6-10-21(12-16)25(5,23)24/h8-9,11,13,16,18H,6-7,10,12H2,1-5H3,(H,20,22). The van der Waals surface area contributed by atoms with Gasteiger partial charge in [-0.3, -0.25) is 4.79 Å². The molecule has 0 spiro atoms. The Kier molecular flexibility index (Phi) is 6.27. The number of rotatable bonds is 5. The van der Waals surface area contributed by atoms with Crippen molar-refractivity contribution >= 4 is 15.9 Å². The Labute approximate surface area is 151 Å². The molecule has 1 aromatic rings. The Balaban J connectivity index is 2.15. The number of hydrogen-bond donors (Lipinski definition) is 1. The van der Waals surface area contributed by atoms with Gasteiger partial charge in [0.15, 0.2) is 0 Å². The zero-order valence-corrected chi connectivity index (χ0v) is 16.7. The van der Waals surface area contributed by atoms with Gasteiger partial charge >= 0.3 is 0 Å². The fourth-order valence-corrected chi connectivity index (χ4v) is 4.42. The summed E-state index contributed by atoms with van der Waals surface area (Å²) in [7, 11) is -3.25. The summed E-state index contributed by atoms with van der Waals surface area (Å²) in [6.45, 7) is 9.09. The number of nitrogens with one attached hydrogen (secondary N) is 1. The van der Waals surface area contributed by atoms with Gasteiger partial charge in [-0.15, -0.1) is 0 Å². The molecular weight excluding hydrogens is 336 g/mol. The summed E-state index contributed by atoms with van der Waals surface area (Å²) in [4.78, 5) is 12.8. The summed E-state index contributed by atoms with van der Waals surface area (Å²) < 4.78 is 25.0. The maximum absolute atomic E-state index is 12.8. The Morgan fingerprint density at radius 1 is 1.28 bits per heavy atom. The number of nitrogens with zero attached hydrogens (tertiary/aromatic N) is 1. The molecule has 1 aliphatic heterocycles. The first-order chi connectivity index (χ1) is 11.6. The highest BCUT2D eigenvalue weighted by Gasteiger charge is 2.32. The summed E-state index contributed by atoms with van der Waals surface area (Å²) in [5.74, 6) is -0.0811. The lowest BCUT2D eigenvalue weighted by Crippen LogP contribution is -2.46. The van der Waals surface area contributed by atoms with Gasteiger partial charge in [-0.25, -0.2) is 12.7 Å². The van der Waals surface area contributed by atoms with Crippen LogP contribution in [0.15, 0.2) is 18.2 Å². The van der Waals surface area contributed by atoms with Gasteiger partial charge in [-0.05, 0) is 43.7 Å². The highest BCUT2D eigenvalue weighted by atomic mass is 32.2. The first-order valence-electron chi connectivity index (χ1n) is 8.92. The van der Waals surface area contributed by atoms with Crippen molar-refractivity contribution in [2.45, 2.75) is 46.6 Å². The van der Waals surface area contributed by atoms with Crippen LogP contribution in [0.3, 0.4) is 0 Å². The lowest BCUT2D eigenvalue weighted by Gasteiger charge is -2.32. The van der Waals surface area contributed by atoms with Crippen LogP contribution in [0.5, 0.6) is 0 Å². The molecule has 0 aliphatic carbocycles. The second kappa shape index (κ2) is 7.87. The van der Waals surface area contributed by atoms with E-state index >= 15 is 0 Å². The monoisotopic (exact) mass is 366 g/mol. The number of benzene rings is 1. The number of carbonyl (C=O) groups excluding carboxylic acids is 1. The summed E-state index contributed by atoms with van der Waals surface area (Å²) in [5, 5.41) is 3.17. The number of carbonyl (C=O) groups is 1. The van der Waals surface area contributed by atoms with Crippen molar-refractivity contribution in [2.75, 3.05) is 19.3 Å². The number of piperidine rings is 1. The molecule has 2 unspecified atom stereocenters. The molecule has 1 N–H and O–H groups in total. The first-order valence-corrected chi connectivity index (χ1v) is 10.8. The maximum Gasteiger partial charge on any atom is 0.224 e. The first kappa shape index (κ1) is 19.9. The van der Waals surface area contributed by atoms with Crippen molar-refractivity contribution < 1.29 is 13.2 Å². The van der Waals surface area contributed by atoms with Gasteiger partial charge in [-0.1, -0.05) is 37.6 Å². The second-order valence-electron chi connectivity index (χ2n) is 7.55. The predicted molar refractivity (Wildman–Crippen MR) is 101 cm³/mol. The van der Waals surface area contributed by atoms with Crippen molar-refractivity contribution in [3.8, 4) is 0 Å². The van der Waals surface area contributed by atoms with E-state index in [1.807, 2.05) is 0 Å². The van der Waals surface area contributed by atoms with E-state index in [1.165, 1.54) is 21.7 Å². The molecule has 5 nitrogen and oxygen atoms in total. The molecule has 1 saturated heterocycles. The maximum atomic E-state index is 12.8. The van der Waals surface area contributed by atoms with E-state index in [4.69, 9.17) is 0 Å². The second-order valence-corrected chi connectivity index (χ2v) is 9.53. The highest BCUT2D eigenvalue weighted by molar-refractivity contribution is 7.88. The van der Waals surface area contributed by atoms with Gasteiger partial charge in [0, 0.05) is 13.1 Å². The van der Waals surface area contributed by atoms with Crippen LogP contribution in [0.1, 0.15) is 49.4 Å². The molecule has 1 heterocycles. The molecule has 0 bridgehead atoms. The highest BCUT2D eigenvalue weighted by Crippen LogP contribution is 2.27. The summed E-state index contributed by atoms with van der Waals surface area (Å²) in [5.41, 5.74) is 3.50. The molecular formula is C19H30N2O3S. The topological polar surface area (TPSA) is 66.5 Å². The molecule has 1 amide bonds. The molecule has 6 heteroatoms. The molecule has 140 valence electrons. The summed E-state index contributed by atoms with van der Waals surface area (Å²) >= 11 is 0. The van der Waals surface area contributed by atoms with Crippen LogP contribution < -0.4 is 5.32 Å². The summed E-state index contributed by atoms with van der Waals surface area (Å²) in [6, 6.07) is 6.21. The van der Waals surface area contributed by atoms with Crippen LogP contribution in [-0.4, -0.2) is 38.0 Å². The van der Waals surface area contributed by atoms with Gasteiger partial charge in [0.2, 0.25) is 15.9 Å². The van der Waals surface area contributed by atoms with Crippen molar-refractivity contribution in [1.29, 1.82) is 0 Å². The average Bonchev–Trinajstić information content (AvgIpc) is 2.52. The average molecular weight is 367 g/mol. The summed E-state index contributed by atoms with van der Waals surface area (Å²) in [6.07, 6.45) is 2.66. The third kappa shape index (κ3) is 5.05. The fraction of sp³-hybridized carbons (Fsp3) is 0.632. The lowest BCUT2D eigenvalue weighted by atomic mass is 9.90. The van der Waals surface area contributed by atoms with E-state index < -0.39 is 10.0 Å². The van der Waals surface area contributed by atoms with Crippen molar-refractivity contribution in [3.63, 3.8) is 0 Å². The van der Waals surface area contributed by atoms with E-state index in [2.05, 4.69) is 51.2 Å². The third-order valence-corrected chi connectivity index (χ3v) is 6.22. The van der Waals surface area contributed by atoms with E-state index in [9.17, 15) is 13.2 Å². The molecule has 0 saturated carbocycles. The Hall–Kier alpha value is -1.40. The van der Waals surface area contributed by atoms with Gasteiger partial charge in [0.1, 0.15) is 0 Å². The number of amides is 1. The minimum absolute atomic E-state index is 0.0491. The number of sulfonamides is 1. The van der Waals surface area contributed by atoms with Crippen LogP contribution in [0, 0.1) is 25.7 Å². The predicted octanol–water partition coefficient (Wildman–Crippen LogP) is 2.79. The van der Waals surface area contributed by atoms with Crippen molar-refractivity contribution in [3.05, 3.63) is 34.9 Å². The number of hydrogen-bond acceptors (Lipinski definition) is 3. The van der Waals surface area contributed by atoms with Gasteiger partial charge in [-0.2, -0.15) is 0 Å². The molecule has 1 aliphatic rings. The molecule has 0 radical (unpaired) electrons. The molecule has 0 aromatic heterocycles. The van der Waals surface area contributed by atoms with E-state index in [-0.39, 0.29) is 30.3 Å². The fourth-order valence-electron chi connectivity index (χ4n) is 3.51. The van der Waals surface area contributed by atoms with Crippen molar-refractivity contribution in [1.82, 2.24) is 9.62 Å². The van der Waals surface area contributed by atoms with Gasteiger partial charge in [0.25, 0.3) is 0 Å². The van der Waals surface area contributed by atoms with Crippen LogP contribution in [0.4, 0.5) is 0 Å². The zero-order valence-electron chi connectivity index (χ0n) is 15.9. The zero-order chi connectivity index (χ0) is 18.8. The Bertz CT molecular complexity index is 728. The molecule has 1 aromatic carbocycles. The van der Waals surface area contributed by atoms with Crippen LogP contribution in [0.2, 0.25) is 0 Å². The van der Waals surface area contributed by atoms with Crippen molar-refractivity contribution in [2.24, 2.45) is 11.8 Å². The lowest BCUT2D eigenvalue weighted by molar-refractivity contribution is -0.127. The Morgan fingerprint density at radius 3 is 2.52 bits per heavy atom. The SMILES string of the molecule is Cc1ccc(C(NC(=O)C2CCCN(S(C)(=O)=O)C2)C(C)C)c(C)c1. The molecule has 1 fully saturated rings. The van der Waals surface area contributed by atoms with E-state index in [0.29, 0.717) is 6.54 Å². The van der Waals surface area contributed by atoms with Gasteiger partial charge < -0.3 is 5.32 Å². The van der Waals surface area contributed by atoms with Crippen LogP contribution in [-0.2, 0) is 14.8 Å². The Morgan fingerprint density at radius 2 is 1.96 bits per heavy atom. The van der Waals surface area contributed by atoms with E-state index in [0.717, 1.165) is 18.4 Å². The van der Waals surface area contributed by atoms with Crippen LogP contribution >= 0.6 is 0 Å².